The molecular weight excluding hydrogens is 398 g/mol. The van der Waals surface area contributed by atoms with Crippen LogP contribution in [0.4, 0.5) is 5.69 Å². The van der Waals surface area contributed by atoms with Crippen molar-refractivity contribution in [3.63, 3.8) is 0 Å². The lowest BCUT2D eigenvalue weighted by atomic mass is 9.51. The minimum atomic E-state index is -1.24. The first-order chi connectivity index (χ1) is 15.2. The Morgan fingerprint density at radius 1 is 1.09 bits per heavy atom. The highest BCUT2D eigenvalue weighted by Gasteiger charge is 2.64. The van der Waals surface area contributed by atoms with Crippen LogP contribution in [0.2, 0.25) is 0 Å². The van der Waals surface area contributed by atoms with E-state index in [2.05, 4.69) is 36.1 Å². The molecule has 32 heavy (non-hydrogen) atoms. The lowest BCUT2D eigenvalue weighted by molar-refractivity contribution is -0.152. The second-order valence-corrected chi connectivity index (χ2v) is 10.9. The van der Waals surface area contributed by atoms with Gasteiger partial charge in [0.2, 0.25) is 0 Å². The fourth-order valence-corrected chi connectivity index (χ4v) is 7.55. The van der Waals surface area contributed by atoms with E-state index in [0.717, 1.165) is 37.8 Å². The van der Waals surface area contributed by atoms with Crippen LogP contribution < -0.4 is 4.90 Å². The van der Waals surface area contributed by atoms with Crippen LogP contribution in [0.1, 0.15) is 70.3 Å². The smallest absolute Gasteiger partial charge is 0.161 e. The molecule has 0 amide bonds. The van der Waals surface area contributed by atoms with Crippen molar-refractivity contribution in [3.05, 3.63) is 52.6 Å². The van der Waals surface area contributed by atoms with Gasteiger partial charge in [-0.1, -0.05) is 24.6 Å². The van der Waals surface area contributed by atoms with Gasteiger partial charge in [-0.3, -0.25) is 9.59 Å². The molecular formula is C28H35NO3. The third-order valence-electron chi connectivity index (χ3n) is 9.28. The van der Waals surface area contributed by atoms with Crippen molar-refractivity contribution in [2.45, 2.75) is 70.3 Å². The Morgan fingerprint density at radius 3 is 2.47 bits per heavy atom. The average Bonchev–Trinajstić information content (AvgIpc) is 3.04. The summed E-state index contributed by atoms with van der Waals surface area (Å²) in [6, 6.07) is 8.78. The zero-order chi connectivity index (χ0) is 22.8. The van der Waals surface area contributed by atoms with Crippen molar-refractivity contribution in [3.8, 4) is 0 Å². The topological polar surface area (TPSA) is 57.6 Å². The highest BCUT2D eigenvalue weighted by atomic mass is 16.3. The van der Waals surface area contributed by atoms with E-state index in [4.69, 9.17) is 0 Å². The summed E-state index contributed by atoms with van der Waals surface area (Å²) in [6.07, 6.45) is 7.53. The maximum absolute atomic E-state index is 12.7. The molecule has 0 radical (unpaired) electrons. The molecule has 1 N–H and O–H groups in total. The Kier molecular flexibility index (Phi) is 5.01. The number of aliphatic hydroxyl groups is 1. The molecule has 4 nitrogen and oxygen atoms in total. The standard InChI is InChI=1S/C28H35NO3/c1-17(30)28(32)14-13-25-23-11-7-19-15-21(31)10-12-22(19)26(23)24(16-27(25,28)2)18-5-8-20(9-6-18)29(3)4/h5-6,8-9,15,23-25,32H,7,10-14,16H2,1-4H3/t23?,24-,25?,27+,28+/m1/s1. The molecule has 4 aliphatic rings. The van der Waals surface area contributed by atoms with E-state index in [-0.39, 0.29) is 17.5 Å². The Hall–Kier alpha value is -2.20. The van der Waals surface area contributed by atoms with Crippen molar-refractivity contribution in [2.75, 3.05) is 19.0 Å². The predicted octanol–water partition coefficient (Wildman–Crippen LogP) is 4.97. The number of allylic oxidation sites excluding steroid dienone is 4. The van der Waals surface area contributed by atoms with Gasteiger partial charge in [-0.2, -0.15) is 0 Å². The van der Waals surface area contributed by atoms with Crippen molar-refractivity contribution < 1.29 is 14.7 Å². The molecule has 2 fully saturated rings. The van der Waals surface area contributed by atoms with Crippen molar-refractivity contribution in [1.29, 1.82) is 0 Å². The van der Waals surface area contributed by atoms with E-state index in [1.54, 1.807) is 6.92 Å². The average molecular weight is 434 g/mol. The van der Waals surface area contributed by atoms with Gasteiger partial charge < -0.3 is 10.0 Å². The molecule has 4 heteroatoms. The summed E-state index contributed by atoms with van der Waals surface area (Å²) in [4.78, 5) is 27.0. The maximum atomic E-state index is 12.7. The lowest BCUT2D eigenvalue weighted by Gasteiger charge is -2.54. The predicted molar refractivity (Wildman–Crippen MR) is 127 cm³/mol. The lowest BCUT2D eigenvalue weighted by Crippen LogP contribution is -2.55. The second-order valence-electron chi connectivity index (χ2n) is 10.9. The van der Waals surface area contributed by atoms with Crippen LogP contribution in [-0.4, -0.2) is 36.4 Å². The molecule has 0 bridgehead atoms. The molecule has 0 aliphatic heterocycles. The normalized spacial score (nSPS) is 36.2. The molecule has 5 rings (SSSR count). The van der Waals surface area contributed by atoms with E-state index in [9.17, 15) is 14.7 Å². The molecule has 4 aliphatic carbocycles. The van der Waals surface area contributed by atoms with Crippen molar-refractivity contribution in [1.82, 2.24) is 0 Å². The number of ketones is 2. The van der Waals surface area contributed by atoms with E-state index < -0.39 is 11.0 Å². The summed E-state index contributed by atoms with van der Waals surface area (Å²) in [6.45, 7) is 3.74. The minimum Gasteiger partial charge on any atom is -0.382 e. The van der Waals surface area contributed by atoms with Gasteiger partial charge in [-0.15, -0.1) is 0 Å². The summed E-state index contributed by atoms with van der Waals surface area (Å²) >= 11 is 0. The molecule has 1 aromatic carbocycles. The van der Waals surface area contributed by atoms with Gasteiger partial charge in [0.25, 0.3) is 0 Å². The minimum absolute atomic E-state index is 0.0834. The zero-order valence-corrected chi connectivity index (χ0v) is 19.8. The summed E-state index contributed by atoms with van der Waals surface area (Å²) in [5.74, 6) is 1.03. The van der Waals surface area contributed by atoms with Crippen LogP contribution >= 0.6 is 0 Å². The number of carbonyl (C=O) groups excluding carboxylic acids is 2. The number of rotatable bonds is 3. The first-order valence-electron chi connectivity index (χ1n) is 12.1. The van der Waals surface area contributed by atoms with Crippen molar-refractivity contribution in [2.24, 2.45) is 17.3 Å². The summed E-state index contributed by atoms with van der Waals surface area (Å²) in [7, 11) is 4.09. The summed E-state index contributed by atoms with van der Waals surface area (Å²) in [5, 5.41) is 11.6. The largest absolute Gasteiger partial charge is 0.382 e. The van der Waals surface area contributed by atoms with Gasteiger partial charge in [-0.25, -0.2) is 0 Å². The Balaban J connectivity index is 1.67. The van der Waals surface area contributed by atoms with Gasteiger partial charge in [0.1, 0.15) is 5.60 Å². The fourth-order valence-electron chi connectivity index (χ4n) is 7.55. The van der Waals surface area contributed by atoms with Crippen LogP contribution in [0, 0.1) is 17.3 Å². The third kappa shape index (κ3) is 2.98. The number of hydrogen-bond donors (Lipinski definition) is 1. The van der Waals surface area contributed by atoms with Crippen LogP contribution in [-0.2, 0) is 9.59 Å². The SMILES string of the molecule is CC(=O)[C@@]1(O)CCC2C3CCC4=CC(=O)CCC4=C3[C@@H](c3ccc(N(C)C)cc3)C[C@@]21C. The molecule has 170 valence electrons. The fraction of sp³-hybridized carbons (Fsp3) is 0.571. The Morgan fingerprint density at radius 2 is 1.81 bits per heavy atom. The maximum Gasteiger partial charge on any atom is 0.161 e. The molecule has 0 heterocycles. The second kappa shape index (κ2) is 7.41. The van der Waals surface area contributed by atoms with Gasteiger partial charge in [-0.05, 0) is 92.2 Å². The molecule has 5 atom stereocenters. The van der Waals surface area contributed by atoms with Crippen LogP contribution in [0.15, 0.2) is 47.1 Å². The number of fused-ring (bicyclic) bond motifs is 4. The van der Waals surface area contributed by atoms with Crippen molar-refractivity contribution >= 4 is 17.3 Å². The van der Waals surface area contributed by atoms with Gasteiger partial charge >= 0.3 is 0 Å². The quantitative estimate of drug-likeness (QED) is 0.731. The monoisotopic (exact) mass is 433 g/mol. The number of anilines is 1. The van der Waals surface area contributed by atoms with Gasteiger partial charge in [0.05, 0.1) is 0 Å². The molecule has 1 aromatic rings. The number of nitrogens with zero attached hydrogens (tertiary/aromatic N) is 1. The van der Waals surface area contributed by atoms with E-state index >= 15 is 0 Å². The number of benzene rings is 1. The zero-order valence-electron chi connectivity index (χ0n) is 19.8. The van der Waals surface area contributed by atoms with Gasteiger partial charge in [0.15, 0.2) is 11.6 Å². The van der Waals surface area contributed by atoms with E-state index in [0.29, 0.717) is 24.7 Å². The Labute approximate surface area is 191 Å². The Bertz CT molecular complexity index is 1030. The summed E-state index contributed by atoms with van der Waals surface area (Å²) in [5.41, 5.74) is 4.91. The first kappa shape index (κ1) is 21.6. The highest BCUT2D eigenvalue weighted by Crippen LogP contribution is 2.66. The van der Waals surface area contributed by atoms with Crippen LogP contribution in [0.5, 0.6) is 0 Å². The summed E-state index contributed by atoms with van der Waals surface area (Å²) < 4.78 is 0. The molecule has 0 aromatic heterocycles. The van der Waals surface area contributed by atoms with Gasteiger partial charge in [0, 0.05) is 37.5 Å². The molecule has 0 spiro atoms. The highest BCUT2D eigenvalue weighted by molar-refractivity contribution is 5.93. The van der Waals surface area contributed by atoms with Crippen LogP contribution in [0.25, 0.3) is 0 Å². The number of Topliss-reactive ketones (excluding diaryl/α,β-unsaturated/α-hetero) is 1. The number of carbonyl (C=O) groups is 2. The van der Waals surface area contributed by atoms with Crippen LogP contribution in [0.3, 0.4) is 0 Å². The molecule has 0 saturated heterocycles. The molecule has 2 unspecified atom stereocenters. The van der Waals surface area contributed by atoms with E-state index in [1.807, 2.05) is 20.2 Å². The number of hydrogen-bond acceptors (Lipinski definition) is 4. The molecule has 2 saturated carbocycles. The first-order valence-corrected chi connectivity index (χ1v) is 12.1. The van der Waals surface area contributed by atoms with E-state index in [1.165, 1.54) is 22.3 Å². The third-order valence-corrected chi connectivity index (χ3v) is 9.28.